The lowest BCUT2D eigenvalue weighted by Gasteiger charge is -2.24. The van der Waals surface area contributed by atoms with Crippen LogP contribution in [0, 0.1) is 0 Å². The lowest BCUT2D eigenvalue weighted by Crippen LogP contribution is -2.44. The molecule has 184 valence electrons. The van der Waals surface area contributed by atoms with E-state index in [-0.39, 0.29) is 0 Å². The molecule has 4 rings (SSSR count). The number of carbonyl (C=O) groups excluding carboxylic acids is 1. The second-order valence-electron chi connectivity index (χ2n) is 8.86. The molecule has 6 nitrogen and oxygen atoms in total. The summed E-state index contributed by atoms with van der Waals surface area (Å²) in [4.78, 5) is 12.5. The zero-order valence-corrected chi connectivity index (χ0v) is 20.7. The summed E-state index contributed by atoms with van der Waals surface area (Å²) >= 11 is 0. The lowest BCUT2D eigenvalue weighted by atomic mass is 10.0. The van der Waals surface area contributed by atoms with Crippen molar-refractivity contribution in [1.29, 1.82) is 0 Å². The van der Waals surface area contributed by atoms with E-state index >= 15 is 0 Å². The van der Waals surface area contributed by atoms with Crippen molar-refractivity contribution in [3.63, 3.8) is 0 Å². The van der Waals surface area contributed by atoms with Crippen LogP contribution in [0.15, 0.2) is 78.9 Å². The summed E-state index contributed by atoms with van der Waals surface area (Å²) in [6.07, 6.45) is 4.81. The van der Waals surface area contributed by atoms with Gasteiger partial charge in [0.25, 0.3) is 5.91 Å². The van der Waals surface area contributed by atoms with Crippen LogP contribution in [0.4, 0.5) is 0 Å². The van der Waals surface area contributed by atoms with Crippen LogP contribution in [0.2, 0.25) is 0 Å². The number of amides is 1. The molecule has 0 atom stereocenters. The van der Waals surface area contributed by atoms with Crippen LogP contribution in [0.3, 0.4) is 0 Å². The molecule has 0 radical (unpaired) electrons. The fraction of sp³-hybridized carbons (Fsp3) is 0.321. The van der Waals surface area contributed by atoms with Crippen molar-refractivity contribution in [1.82, 2.24) is 9.03 Å². The first-order valence-electron chi connectivity index (χ1n) is 12.1. The summed E-state index contributed by atoms with van der Waals surface area (Å²) in [7, 11) is -3.84. The standard InChI is InChI=1S/C28H32N2O4S/c31-28(29-35(32,33)30-19-7-2-1-3-8-20-30)27-17-13-24(14-18-27)22-34-21-23-11-15-26(16-12-23)25-9-5-4-6-10-25/h4-6,9-18H,1-3,7-8,19-22H2,(H,29,31). The van der Waals surface area contributed by atoms with Crippen LogP contribution in [0.1, 0.15) is 53.6 Å². The van der Waals surface area contributed by atoms with Crippen LogP contribution in [-0.4, -0.2) is 31.7 Å². The number of hydrogen-bond donors (Lipinski definition) is 1. The van der Waals surface area contributed by atoms with E-state index in [9.17, 15) is 13.2 Å². The normalized spacial score (nSPS) is 15.2. The van der Waals surface area contributed by atoms with Gasteiger partial charge in [-0.25, -0.2) is 4.72 Å². The van der Waals surface area contributed by atoms with Crippen LogP contribution in [-0.2, 0) is 28.2 Å². The third-order valence-electron chi connectivity index (χ3n) is 6.19. The molecular formula is C28H32N2O4S. The highest BCUT2D eigenvalue weighted by Crippen LogP contribution is 2.20. The Balaban J connectivity index is 1.26. The fourth-order valence-corrected chi connectivity index (χ4v) is 5.38. The highest BCUT2D eigenvalue weighted by Gasteiger charge is 2.24. The summed E-state index contributed by atoms with van der Waals surface area (Å²) in [5.41, 5.74) is 4.64. The maximum atomic E-state index is 12.7. The summed E-state index contributed by atoms with van der Waals surface area (Å²) in [6, 6.07) is 25.3. The topological polar surface area (TPSA) is 75.7 Å². The van der Waals surface area contributed by atoms with Crippen LogP contribution in [0.25, 0.3) is 11.1 Å². The van der Waals surface area contributed by atoms with Crippen molar-refractivity contribution >= 4 is 16.1 Å². The largest absolute Gasteiger partial charge is 0.372 e. The van der Waals surface area contributed by atoms with E-state index in [1.807, 2.05) is 18.2 Å². The SMILES string of the molecule is O=C(NS(=O)(=O)N1CCCCCCC1)c1ccc(COCc2ccc(-c3ccccc3)cc2)cc1. The predicted molar refractivity (Wildman–Crippen MR) is 138 cm³/mol. The number of ether oxygens (including phenoxy) is 1. The van der Waals surface area contributed by atoms with Gasteiger partial charge in [-0.1, -0.05) is 86.0 Å². The molecule has 0 spiro atoms. The van der Waals surface area contributed by atoms with Crippen LogP contribution < -0.4 is 4.72 Å². The first-order valence-corrected chi connectivity index (χ1v) is 13.6. The third-order valence-corrected chi connectivity index (χ3v) is 7.68. The monoisotopic (exact) mass is 492 g/mol. The van der Waals surface area contributed by atoms with Crippen molar-refractivity contribution in [2.24, 2.45) is 0 Å². The smallest absolute Gasteiger partial charge is 0.304 e. The molecule has 35 heavy (non-hydrogen) atoms. The molecule has 1 N–H and O–H groups in total. The number of nitrogens with zero attached hydrogens (tertiary/aromatic N) is 1. The first kappa shape index (κ1) is 25.1. The van der Waals surface area contributed by atoms with Crippen molar-refractivity contribution in [2.75, 3.05) is 13.1 Å². The lowest BCUT2D eigenvalue weighted by molar-refractivity contribution is 0.0977. The molecule has 3 aromatic rings. The van der Waals surface area contributed by atoms with E-state index in [0.717, 1.165) is 48.8 Å². The number of rotatable bonds is 8. The van der Waals surface area contributed by atoms with Crippen molar-refractivity contribution in [3.8, 4) is 11.1 Å². The van der Waals surface area contributed by atoms with Gasteiger partial charge in [-0.3, -0.25) is 4.79 Å². The third kappa shape index (κ3) is 7.24. The predicted octanol–water partition coefficient (Wildman–Crippen LogP) is 5.31. The number of hydrogen-bond acceptors (Lipinski definition) is 4. The van der Waals surface area contributed by atoms with Gasteiger partial charge in [-0.2, -0.15) is 12.7 Å². The molecule has 0 aliphatic carbocycles. The van der Waals surface area contributed by atoms with Gasteiger partial charge in [0.1, 0.15) is 0 Å². The van der Waals surface area contributed by atoms with Gasteiger partial charge in [0.2, 0.25) is 0 Å². The van der Waals surface area contributed by atoms with Gasteiger partial charge in [-0.15, -0.1) is 0 Å². The zero-order chi connectivity index (χ0) is 24.5. The summed E-state index contributed by atoms with van der Waals surface area (Å²) in [5.74, 6) is -0.613. The average Bonchev–Trinajstić information content (AvgIpc) is 2.85. The number of carbonyl (C=O) groups is 1. The Bertz CT molecular complexity index is 1190. The Morgan fingerprint density at radius 3 is 1.83 bits per heavy atom. The number of nitrogens with one attached hydrogen (secondary N) is 1. The quantitative estimate of drug-likeness (QED) is 0.462. The van der Waals surface area contributed by atoms with E-state index in [2.05, 4.69) is 41.1 Å². The van der Waals surface area contributed by atoms with Crippen molar-refractivity contribution < 1.29 is 17.9 Å². The second-order valence-corrected chi connectivity index (χ2v) is 10.5. The molecule has 1 saturated heterocycles. The Kier molecular flexibility index (Phi) is 8.69. The van der Waals surface area contributed by atoms with Gasteiger partial charge in [-0.05, 0) is 47.2 Å². The summed E-state index contributed by atoms with van der Waals surface area (Å²) in [6.45, 7) is 1.78. The maximum absolute atomic E-state index is 12.7. The van der Waals surface area contributed by atoms with E-state index in [4.69, 9.17) is 4.74 Å². The highest BCUT2D eigenvalue weighted by atomic mass is 32.2. The fourth-order valence-electron chi connectivity index (χ4n) is 4.16. The molecule has 3 aromatic carbocycles. The van der Waals surface area contributed by atoms with Gasteiger partial charge in [0, 0.05) is 18.7 Å². The maximum Gasteiger partial charge on any atom is 0.304 e. The molecule has 1 fully saturated rings. The average molecular weight is 493 g/mol. The minimum atomic E-state index is -3.84. The molecule has 0 saturated carbocycles. The van der Waals surface area contributed by atoms with Crippen molar-refractivity contribution in [3.05, 3.63) is 95.6 Å². The molecule has 1 heterocycles. The van der Waals surface area contributed by atoms with E-state index in [1.165, 1.54) is 9.87 Å². The van der Waals surface area contributed by atoms with Gasteiger partial charge in [0.15, 0.2) is 0 Å². The summed E-state index contributed by atoms with van der Waals surface area (Å²) in [5, 5.41) is 0. The van der Waals surface area contributed by atoms with E-state index in [1.54, 1.807) is 24.3 Å². The van der Waals surface area contributed by atoms with Crippen molar-refractivity contribution in [2.45, 2.75) is 45.3 Å². The molecule has 0 aromatic heterocycles. The molecule has 7 heteroatoms. The minimum Gasteiger partial charge on any atom is -0.372 e. The molecule has 0 bridgehead atoms. The summed E-state index contributed by atoms with van der Waals surface area (Å²) < 4.78 is 34.7. The van der Waals surface area contributed by atoms with Gasteiger partial charge < -0.3 is 4.74 Å². The number of benzene rings is 3. The van der Waals surface area contributed by atoms with Crippen LogP contribution >= 0.6 is 0 Å². The Morgan fingerprint density at radius 1 is 0.714 bits per heavy atom. The second kappa shape index (κ2) is 12.1. The molecule has 1 aliphatic heterocycles. The Morgan fingerprint density at radius 2 is 1.23 bits per heavy atom. The molecular weight excluding hydrogens is 460 g/mol. The molecule has 1 amide bonds. The highest BCUT2D eigenvalue weighted by molar-refractivity contribution is 7.87. The minimum absolute atomic E-state index is 0.306. The zero-order valence-electron chi connectivity index (χ0n) is 19.9. The van der Waals surface area contributed by atoms with Gasteiger partial charge in [0.05, 0.1) is 13.2 Å². The first-order chi connectivity index (χ1) is 17.0. The molecule has 0 unspecified atom stereocenters. The Labute approximate surface area is 208 Å². The molecule has 1 aliphatic rings. The van der Waals surface area contributed by atoms with E-state index < -0.39 is 16.1 Å². The van der Waals surface area contributed by atoms with Crippen LogP contribution in [0.5, 0.6) is 0 Å². The van der Waals surface area contributed by atoms with Gasteiger partial charge >= 0.3 is 10.2 Å². The van der Waals surface area contributed by atoms with E-state index in [0.29, 0.717) is 31.9 Å². The Hall–Kier alpha value is -3.00.